The number of halogens is 3. The maximum atomic E-state index is 12.6. The van der Waals surface area contributed by atoms with Gasteiger partial charge in [-0.3, -0.25) is 4.90 Å². The Morgan fingerprint density at radius 1 is 0.972 bits per heavy atom. The smallest absolute Gasteiger partial charge is 0.492 e. The number of piperidine rings is 1. The van der Waals surface area contributed by atoms with E-state index in [1.54, 1.807) is 6.07 Å². The van der Waals surface area contributed by atoms with Gasteiger partial charge in [-0.1, -0.05) is 18.6 Å². The van der Waals surface area contributed by atoms with Crippen LogP contribution >= 0.6 is 0 Å². The molecule has 2 aromatic heterocycles. The number of rotatable bonds is 8. The lowest BCUT2D eigenvalue weighted by atomic mass is 10.1. The van der Waals surface area contributed by atoms with E-state index in [1.165, 1.54) is 43.8 Å². The summed E-state index contributed by atoms with van der Waals surface area (Å²) in [5.41, 5.74) is 2.07. The van der Waals surface area contributed by atoms with Crippen molar-refractivity contribution in [2.75, 3.05) is 31.6 Å². The lowest BCUT2D eigenvalue weighted by Gasteiger charge is -2.26. The highest BCUT2D eigenvalue weighted by Gasteiger charge is 2.31. The first kappa shape index (κ1) is 23.9. The van der Waals surface area contributed by atoms with Gasteiger partial charge in [0.15, 0.2) is 17.3 Å². The molecule has 0 unspecified atom stereocenters. The van der Waals surface area contributed by atoms with Crippen LogP contribution in [0.15, 0.2) is 54.9 Å². The SMILES string of the molecule is FC(F)(F)Oc1cccc(-c2nc(Nc3ccc(OCCN4CCCCC4)cc3)c3[nH]cnc3n2)c1. The molecule has 1 aliphatic rings. The minimum absolute atomic E-state index is 0.211. The van der Waals surface area contributed by atoms with Crippen molar-refractivity contribution in [3.63, 3.8) is 0 Å². The van der Waals surface area contributed by atoms with Crippen LogP contribution in [0.2, 0.25) is 0 Å². The Morgan fingerprint density at radius 3 is 2.56 bits per heavy atom. The highest BCUT2D eigenvalue weighted by molar-refractivity contribution is 5.86. The molecule has 0 amide bonds. The topological polar surface area (TPSA) is 88.2 Å². The number of aromatic nitrogens is 4. The van der Waals surface area contributed by atoms with Crippen molar-refractivity contribution in [2.45, 2.75) is 25.6 Å². The maximum Gasteiger partial charge on any atom is 0.573 e. The summed E-state index contributed by atoms with van der Waals surface area (Å²) in [6.45, 7) is 3.81. The van der Waals surface area contributed by atoms with Crippen molar-refractivity contribution < 1.29 is 22.6 Å². The number of nitrogens with one attached hydrogen (secondary N) is 2. The number of nitrogens with zero attached hydrogens (tertiary/aromatic N) is 4. The quantitative estimate of drug-likeness (QED) is 0.330. The van der Waals surface area contributed by atoms with Crippen molar-refractivity contribution in [1.29, 1.82) is 0 Å². The van der Waals surface area contributed by atoms with Crippen molar-refractivity contribution in [1.82, 2.24) is 24.8 Å². The van der Waals surface area contributed by atoms with Gasteiger partial charge in [0.2, 0.25) is 0 Å². The van der Waals surface area contributed by atoms with Crippen LogP contribution in [0.1, 0.15) is 19.3 Å². The summed E-state index contributed by atoms with van der Waals surface area (Å²) in [5.74, 6) is 1.07. The Labute approximate surface area is 205 Å². The number of hydrogen-bond acceptors (Lipinski definition) is 7. The standard InChI is InChI=1S/C25H25F3N6O2/c26-25(27,28)36-20-6-4-5-17(15-20)22-32-23-21(29-16-30-23)24(33-22)31-18-7-9-19(10-8-18)35-14-13-34-11-2-1-3-12-34/h4-10,15-16H,1-3,11-14H2,(H2,29,30,31,32,33). The van der Waals surface area contributed by atoms with E-state index in [4.69, 9.17) is 4.74 Å². The molecule has 188 valence electrons. The van der Waals surface area contributed by atoms with Gasteiger partial charge in [-0.2, -0.15) is 0 Å². The molecule has 1 aliphatic heterocycles. The second kappa shape index (κ2) is 10.4. The van der Waals surface area contributed by atoms with Gasteiger partial charge in [-0.25, -0.2) is 15.0 Å². The zero-order chi connectivity index (χ0) is 25.0. The number of alkyl halides is 3. The first-order chi connectivity index (χ1) is 17.4. The van der Waals surface area contributed by atoms with Gasteiger partial charge < -0.3 is 19.8 Å². The molecular formula is C25H25F3N6O2. The summed E-state index contributed by atoms with van der Waals surface area (Å²) < 4.78 is 47.8. The number of H-pyrrole nitrogens is 1. The molecule has 3 heterocycles. The van der Waals surface area contributed by atoms with E-state index in [1.807, 2.05) is 24.3 Å². The molecule has 36 heavy (non-hydrogen) atoms. The molecule has 0 saturated carbocycles. The molecule has 0 radical (unpaired) electrons. The summed E-state index contributed by atoms with van der Waals surface area (Å²) in [6, 6.07) is 13.0. The minimum Gasteiger partial charge on any atom is -0.492 e. The highest BCUT2D eigenvalue weighted by Crippen LogP contribution is 2.30. The van der Waals surface area contributed by atoms with E-state index >= 15 is 0 Å². The molecule has 5 rings (SSSR count). The highest BCUT2D eigenvalue weighted by atomic mass is 19.4. The molecule has 0 atom stereocenters. The molecule has 2 N–H and O–H groups in total. The van der Waals surface area contributed by atoms with Gasteiger partial charge in [0.1, 0.15) is 23.6 Å². The van der Waals surface area contributed by atoms with Crippen LogP contribution in [0.25, 0.3) is 22.6 Å². The van der Waals surface area contributed by atoms with E-state index in [0.717, 1.165) is 31.1 Å². The lowest BCUT2D eigenvalue weighted by molar-refractivity contribution is -0.274. The predicted molar refractivity (Wildman–Crippen MR) is 129 cm³/mol. The number of anilines is 2. The Morgan fingerprint density at radius 2 is 1.78 bits per heavy atom. The van der Waals surface area contributed by atoms with E-state index in [0.29, 0.717) is 29.2 Å². The lowest BCUT2D eigenvalue weighted by Crippen LogP contribution is -2.33. The summed E-state index contributed by atoms with van der Waals surface area (Å²) in [4.78, 5) is 18.5. The van der Waals surface area contributed by atoms with Crippen molar-refractivity contribution in [3.8, 4) is 22.9 Å². The monoisotopic (exact) mass is 498 g/mol. The van der Waals surface area contributed by atoms with Crippen LogP contribution in [-0.2, 0) is 0 Å². The van der Waals surface area contributed by atoms with Crippen molar-refractivity contribution in [2.24, 2.45) is 0 Å². The van der Waals surface area contributed by atoms with Crippen LogP contribution in [0.4, 0.5) is 24.7 Å². The van der Waals surface area contributed by atoms with E-state index in [2.05, 4.69) is 34.9 Å². The minimum atomic E-state index is -4.79. The van der Waals surface area contributed by atoms with Crippen molar-refractivity contribution in [3.05, 3.63) is 54.9 Å². The zero-order valence-electron chi connectivity index (χ0n) is 19.4. The molecule has 11 heteroatoms. The Hall–Kier alpha value is -3.86. The number of hydrogen-bond donors (Lipinski definition) is 2. The number of aromatic amines is 1. The fourth-order valence-electron chi connectivity index (χ4n) is 4.13. The molecule has 1 fully saturated rings. The summed E-state index contributed by atoms with van der Waals surface area (Å²) >= 11 is 0. The molecule has 4 aromatic rings. The number of imidazole rings is 1. The second-order valence-electron chi connectivity index (χ2n) is 8.47. The van der Waals surface area contributed by atoms with Gasteiger partial charge in [0.25, 0.3) is 0 Å². The average molecular weight is 499 g/mol. The molecule has 8 nitrogen and oxygen atoms in total. The fourth-order valence-corrected chi connectivity index (χ4v) is 4.13. The summed E-state index contributed by atoms with van der Waals surface area (Å²) in [5, 5.41) is 3.23. The molecule has 2 aromatic carbocycles. The van der Waals surface area contributed by atoms with Crippen molar-refractivity contribution >= 4 is 22.7 Å². The van der Waals surface area contributed by atoms with Crippen LogP contribution in [0, 0.1) is 0 Å². The average Bonchev–Trinajstić information content (AvgIpc) is 3.34. The normalized spacial score (nSPS) is 14.6. The Bertz CT molecular complexity index is 1300. The van der Waals surface area contributed by atoms with E-state index < -0.39 is 6.36 Å². The third kappa shape index (κ3) is 6.03. The van der Waals surface area contributed by atoms with Crippen LogP contribution in [0.3, 0.4) is 0 Å². The number of likely N-dealkylation sites (tertiary alicyclic amines) is 1. The second-order valence-corrected chi connectivity index (χ2v) is 8.47. The Kier molecular flexibility index (Phi) is 6.90. The zero-order valence-corrected chi connectivity index (χ0v) is 19.4. The molecular weight excluding hydrogens is 473 g/mol. The first-order valence-corrected chi connectivity index (χ1v) is 11.7. The number of ether oxygens (including phenoxy) is 2. The molecule has 0 aliphatic carbocycles. The molecule has 0 bridgehead atoms. The number of fused-ring (bicyclic) bond motifs is 1. The van der Waals surface area contributed by atoms with Gasteiger partial charge >= 0.3 is 6.36 Å². The molecule has 0 spiro atoms. The predicted octanol–water partition coefficient (Wildman–Crippen LogP) is 5.53. The largest absolute Gasteiger partial charge is 0.573 e. The third-order valence-corrected chi connectivity index (χ3v) is 5.85. The van der Waals surface area contributed by atoms with Crippen LogP contribution < -0.4 is 14.8 Å². The van der Waals surface area contributed by atoms with E-state index in [9.17, 15) is 13.2 Å². The van der Waals surface area contributed by atoms with E-state index in [-0.39, 0.29) is 11.6 Å². The van der Waals surface area contributed by atoms with Gasteiger partial charge in [0, 0.05) is 17.8 Å². The summed E-state index contributed by atoms with van der Waals surface area (Å²) in [7, 11) is 0. The first-order valence-electron chi connectivity index (χ1n) is 11.7. The fraction of sp³-hybridized carbons (Fsp3) is 0.320. The Balaban J connectivity index is 1.30. The van der Waals surface area contributed by atoms with Crippen LogP contribution in [-0.4, -0.2) is 57.4 Å². The van der Waals surface area contributed by atoms with Gasteiger partial charge in [0.05, 0.1) is 6.33 Å². The third-order valence-electron chi connectivity index (χ3n) is 5.85. The molecule has 1 saturated heterocycles. The van der Waals surface area contributed by atoms with Crippen LogP contribution in [0.5, 0.6) is 11.5 Å². The maximum absolute atomic E-state index is 12.6. The van der Waals surface area contributed by atoms with Gasteiger partial charge in [-0.15, -0.1) is 13.2 Å². The van der Waals surface area contributed by atoms with Gasteiger partial charge in [-0.05, 0) is 62.3 Å². The summed E-state index contributed by atoms with van der Waals surface area (Å²) in [6.07, 6.45) is 0.505. The number of benzene rings is 2.